The molecule has 0 saturated carbocycles. The Morgan fingerprint density at radius 3 is 2.38 bits per heavy atom. The van der Waals surface area contributed by atoms with Crippen LogP contribution >= 0.6 is 0 Å². The predicted molar refractivity (Wildman–Crippen MR) is 61.9 cm³/mol. The van der Waals surface area contributed by atoms with Crippen molar-refractivity contribution in [1.29, 1.82) is 0 Å². The monoisotopic (exact) mass is 213 g/mol. The highest BCUT2D eigenvalue weighted by Gasteiger charge is 2.18. The third-order valence-electron chi connectivity index (χ3n) is 2.30. The van der Waals surface area contributed by atoms with Crippen LogP contribution in [0.1, 0.15) is 6.92 Å². The van der Waals surface area contributed by atoms with E-state index < -0.39 is 0 Å². The lowest BCUT2D eigenvalue weighted by molar-refractivity contribution is -0.115. The first kappa shape index (κ1) is 10.4. The van der Waals surface area contributed by atoms with Crippen LogP contribution in [0.4, 0.5) is 5.69 Å². The molecule has 0 radical (unpaired) electrons. The van der Waals surface area contributed by atoms with E-state index in [1.165, 1.54) is 12.2 Å². The molecule has 0 atom stereocenters. The van der Waals surface area contributed by atoms with Crippen molar-refractivity contribution < 1.29 is 9.59 Å². The van der Waals surface area contributed by atoms with Crippen LogP contribution < -0.4 is 5.32 Å². The van der Waals surface area contributed by atoms with Gasteiger partial charge in [0.2, 0.25) is 5.78 Å². The second kappa shape index (κ2) is 4.14. The summed E-state index contributed by atoms with van der Waals surface area (Å²) >= 11 is 0. The molecule has 0 aromatic heterocycles. The number of hydrogen-bond donors (Lipinski definition) is 1. The first-order chi connectivity index (χ1) is 7.66. The molecule has 0 unspecified atom stereocenters. The number of allylic oxidation sites excluding steroid dienone is 3. The van der Waals surface area contributed by atoms with Gasteiger partial charge in [-0.25, -0.2) is 0 Å². The van der Waals surface area contributed by atoms with Gasteiger partial charge in [0.25, 0.3) is 0 Å². The van der Waals surface area contributed by atoms with Gasteiger partial charge in [0, 0.05) is 17.3 Å². The number of carbonyl (C=O) groups is 2. The smallest absolute Gasteiger partial charge is 0.205 e. The number of benzene rings is 1. The fourth-order valence-corrected chi connectivity index (χ4v) is 1.51. The van der Waals surface area contributed by atoms with Crippen LogP contribution in [0.2, 0.25) is 0 Å². The molecule has 16 heavy (non-hydrogen) atoms. The van der Waals surface area contributed by atoms with E-state index in [9.17, 15) is 9.59 Å². The molecule has 0 spiro atoms. The van der Waals surface area contributed by atoms with Crippen molar-refractivity contribution >= 4 is 17.3 Å². The van der Waals surface area contributed by atoms with E-state index in [4.69, 9.17) is 0 Å². The molecule has 1 aliphatic rings. The molecule has 0 bridgehead atoms. The van der Waals surface area contributed by atoms with Gasteiger partial charge in [0.15, 0.2) is 5.78 Å². The quantitative estimate of drug-likeness (QED) is 0.765. The molecule has 80 valence electrons. The Hall–Kier alpha value is -2.16. The van der Waals surface area contributed by atoms with Gasteiger partial charge in [-0.05, 0) is 25.1 Å². The van der Waals surface area contributed by atoms with Crippen molar-refractivity contribution in [1.82, 2.24) is 0 Å². The number of ketones is 2. The van der Waals surface area contributed by atoms with Crippen LogP contribution in [0, 0.1) is 0 Å². The van der Waals surface area contributed by atoms with Crippen LogP contribution in [-0.2, 0) is 9.59 Å². The van der Waals surface area contributed by atoms with E-state index in [0.717, 1.165) is 5.69 Å². The first-order valence-electron chi connectivity index (χ1n) is 4.97. The Kier molecular flexibility index (Phi) is 2.68. The Morgan fingerprint density at radius 2 is 1.69 bits per heavy atom. The maximum Gasteiger partial charge on any atom is 0.205 e. The number of hydrogen-bond acceptors (Lipinski definition) is 3. The molecule has 1 aromatic rings. The van der Waals surface area contributed by atoms with Crippen molar-refractivity contribution in [3.63, 3.8) is 0 Å². The summed E-state index contributed by atoms with van der Waals surface area (Å²) < 4.78 is 0. The molecule has 0 aliphatic heterocycles. The highest BCUT2D eigenvalue weighted by Crippen LogP contribution is 2.16. The molecule has 1 aliphatic carbocycles. The van der Waals surface area contributed by atoms with Gasteiger partial charge in [0.05, 0.1) is 5.70 Å². The second-order valence-corrected chi connectivity index (χ2v) is 3.61. The van der Waals surface area contributed by atoms with E-state index in [2.05, 4.69) is 5.32 Å². The predicted octanol–water partition coefficient (Wildman–Crippen LogP) is 2.08. The number of Topliss-reactive ketones (excluding diaryl/α,β-unsaturated/α-hetero) is 1. The Balaban J connectivity index is 2.23. The fraction of sp³-hybridized carbons (Fsp3) is 0.0769. The molecular weight excluding hydrogens is 202 g/mol. The van der Waals surface area contributed by atoms with Crippen LogP contribution in [0.15, 0.2) is 53.8 Å². The number of carbonyl (C=O) groups excluding carboxylic acids is 2. The lowest BCUT2D eigenvalue weighted by atomic mass is 10.0. The summed E-state index contributed by atoms with van der Waals surface area (Å²) in [5, 5.41) is 2.94. The molecule has 1 N–H and O–H groups in total. The summed E-state index contributed by atoms with van der Waals surface area (Å²) in [4.78, 5) is 23.0. The highest BCUT2D eigenvalue weighted by atomic mass is 16.1. The molecule has 3 heteroatoms. The Labute approximate surface area is 93.5 Å². The summed E-state index contributed by atoms with van der Waals surface area (Å²) in [6.45, 7) is 1.64. The molecule has 2 rings (SSSR count). The minimum absolute atomic E-state index is 0.136. The molecule has 1 aromatic carbocycles. The van der Waals surface area contributed by atoms with Crippen LogP contribution in [0.25, 0.3) is 0 Å². The standard InChI is InChI=1S/C13H11NO2/c1-9-7-11(15)8-12(13(9)16)14-10-5-3-2-4-6-10/h2-8,14H,1H3. The topological polar surface area (TPSA) is 46.2 Å². The van der Waals surface area contributed by atoms with E-state index in [0.29, 0.717) is 11.3 Å². The van der Waals surface area contributed by atoms with Gasteiger partial charge >= 0.3 is 0 Å². The largest absolute Gasteiger partial charge is 0.352 e. The number of para-hydroxylation sites is 1. The van der Waals surface area contributed by atoms with Gasteiger partial charge in [0.1, 0.15) is 0 Å². The third-order valence-corrected chi connectivity index (χ3v) is 2.30. The summed E-state index contributed by atoms with van der Waals surface area (Å²) in [5.41, 5.74) is 1.59. The average Bonchev–Trinajstić information content (AvgIpc) is 2.27. The SMILES string of the molecule is CC1=CC(=O)C=C(Nc2ccccc2)C1=O. The number of anilines is 1. The molecule has 0 fully saturated rings. The van der Waals surface area contributed by atoms with E-state index in [1.54, 1.807) is 6.92 Å². The van der Waals surface area contributed by atoms with Crippen molar-refractivity contribution in [2.45, 2.75) is 6.92 Å². The lowest BCUT2D eigenvalue weighted by Gasteiger charge is -2.12. The van der Waals surface area contributed by atoms with Gasteiger partial charge in [-0.1, -0.05) is 18.2 Å². The minimum atomic E-state index is -0.157. The Bertz CT molecular complexity index is 498. The van der Waals surface area contributed by atoms with Crippen molar-refractivity contribution in [2.75, 3.05) is 5.32 Å². The highest BCUT2D eigenvalue weighted by molar-refractivity contribution is 6.21. The molecule has 3 nitrogen and oxygen atoms in total. The normalized spacial score (nSPS) is 15.6. The average molecular weight is 213 g/mol. The Morgan fingerprint density at radius 1 is 1.00 bits per heavy atom. The zero-order valence-electron chi connectivity index (χ0n) is 8.86. The van der Waals surface area contributed by atoms with E-state index in [1.807, 2.05) is 30.3 Å². The van der Waals surface area contributed by atoms with E-state index in [-0.39, 0.29) is 11.6 Å². The van der Waals surface area contributed by atoms with Crippen molar-refractivity contribution in [3.8, 4) is 0 Å². The summed E-state index contributed by atoms with van der Waals surface area (Å²) in [6.07, 6.45) is 2.67. The number of nitrogens with one attached hydrogen (secondary N) is 1. The summed E-state index contributed by atoms with van der Waals surface area (Å²) in [7, 11) is 0. The van der Waals surface area contributed by atoms with Crippen LogP contribution in [0.5, 0.6) is 0 Å². The van der Waals surface area contributed by atoms with Gasteiger partial charge < -0.3 is 5.32 Å². The van der Waals surface area contributed by atoms with Gasteiger partial charge in [-0.15, -0.1) is 0 Å². The van der Waals surface area contributed by atoms with Gasteiger partial charge in [-0.2, -0.15) is 0 Å². The lowest BCUT2D eigenvalue weighted by Crippen LogP contribution is -2.18. The fourth-order valence-electron chi connectivity index (χ4n) is 1.51. The number of rotatable bonds is 2. The maximum absolute atomic E-state index is 11.7. The summed E-state index contributed by atoms with van der Waals surface area (Å²) in [5.74, 6) is -0.293. The second-order valence-electron chi connectivity index (χ2n) is 3.61. The molecule has 0 saturated heterocycles. The zero-order valence-corrected chi connectivity index (χ0v) is 8.86. The summed E-state index contributed by atoms with van der Waals surface area (Å²) in [6, 6.07) is 9.29. The minimum Gasteiger partial charge on any atom is -0.352 e. The maximum atomic E-state index is 11.7. The third kappa shape index (κ3) is 2.08. The van der Waals surface area contributed by atoms with Crippen LogP contribution in [-0.4, -0.2) is 11.6 Å². The van der Waals surface area contributed by atoms with Crippen molar-refractivity contribution in [3.05, 3.63) is 53.8 Å². The molecular formula is C13H11NO2. The van der Waals surface area contributed by atoms with Crippen molar-refractivity contribution in [2.24, 2.45) is 0 Å². The van der Waals surface area contributed by atoms with E-state index >= 15 is 0 Å². The molecule has 0 amide bonds. The first-order valence-corrected chi connectivity index (χ1v) is 4.97. The van der Waals surface area contributed by atoms with Crippen LogP contribution in [0.3, 0.4) is 0 Å². The zero-order chi connectivity index (χ0) is 11.5. The molecule has 0 heterocycles. The van der Waals surface area contributed by atoms with Gasteiger partial charge in [-0.3, -0.25) is 9.59 Å².